The van der Waals surface area contributed by atoms with Gasteiger partial charge in [0.15, 0.2) is 12.1 Å². The summed E-state index contributed by atoms with van der Waals surface area (Å²) in [6.45, 7) is 3.00. The van der Waals surface area contributed by atoms with Gasteiger partial charge in [-0.15, -0.1) is 0 Å². The molecule has 142 valence electrons. The number of benzene rings is 2. The molecule has 27 heavy (non-hydrogen) atoms. The largest absolute Gasteiger partial charge is 0.480 e. The highest BCUT2D eigenvalue weighted by atomic mass is 19.1. The molecule has 0 spiro atoms. The zero-order chi connectivity index (χ0) is 19.7. The second-order valence-corrected chi connectivity index (χ2v) is 6.73. The Morgan fingerprint density at radius 3 is 2.37 bits per heavy atom. The van der Waals surface area contributed by atoms with Crippen LogP contribution in [0.3, 0.4) is 0 Å². The molecule has 0 aliphatic carbocycles. The fourth-order valence-corrected chi connectivity index (χ4v) is 3.17. The summed E-state index contributed by atoms with van der Waals surface area (Å²) in [6, 6.07) is 8.35. The first-order valence-corrected chi connectivity index (χ1v) is 8.53. The van der Waals surface area contributed by atoms with E-state index < -0.39 is 42.2 Å². The highest BCUT2D eigenvalue weighted by molar-refractivity contribution is 5.89. The number of halogens is 2. The Hall–Kier alpha value is -2.96. The van der Waals surface area contributed by atoms with E-state index in [1.54, 1.807) is 32.0 Å². The molecule has 1 N–H and O–H groups in total. The average Bonchev–Trinajstić information content (AvgIpc) is 2.73. The van der Waals surface area contributed by atoms with E-state index in [1.165, 1.54) is 12.1 Å². The van der Waals surface area contributed by atoms with E-state index in [2.05, 4.69) is 0 Å². The number of carboxylic acid groups (broad SMARTS) is 1. The summed E-state index contributed by atoms with van der Waals surface area (Å²) in [5, 5.41) is 9.80. The zero-order valence-electron chi connectivity index (χ0n) is 14.9. The van der Waals surface area contributed by atoms with Crippen molar-refractivity contribution in [3.05, 3.63) is 65.2 Å². The first-order chi connectivity index (χ1) is 12.8. The Morgan fingerprint density at radius 1 is 1.15 bits per heavy atom. The van der Waals surface area contributed by atoms with Gasteiger partial charge in [-0.05, 0) is 24.1 Å². The van der Waals surface area contributed by atoms with Crippen LogP contribution in [-0.4, -0.2) is 28.0 Å². The third-order valence-corrected chi connectivity index (χ3v) is 4.54. The predicted octanol–water partition coefficient (Wildman–Crippen LogP) is 3.54. The lowest BCUT2D eigenvalue weighted by Crippen LogP contribution is -2.45. The quantitative estimate of drug-likeness (QED) is 0.888. The molecule has 1 aliphatic heterocycles. The number of carbonyl (C=O) groups is 2. The molecule has 1 aliphatic rings. The van der Waals surface area contributed by atoms with Gasteiger partial charge < -0.3 is 14.7 Å². The third-order valence-electron chi connectivity index (χ3n) is 4.54. The van der Waals surface area contributed by atoms with Gasteiger partial charge in [0, 0.05) is 11.1 Å². The van der Waals surface area contributed by atoms with Crippen LogP contribution in [0.25, 0.3) is 0 Å². The molecule has 2 aromatic carbocycles. The standard InChI is InChI=1S/C20H19F2NO4/c1-11(2)18-19(24)23(10-13-14(21)7-5-8-15(13)22)17(20(25)26)12-6-3-4-9-16(12)27-18/h3-9,11,17-18H,10H2,1-2H3,(H,25,26). The van der Waals surface area contributed by atoms with Crippen LogP contribution in [0, 0.1) is 17.6 Å². The van der Waals surface area contributed by atoms with E-state index >= 15 is 0 Å². The van der Waals surface area contributed by atoms with Crippen LogP contribution in [0.15, 0.2) is 42.5 Å². The Bertz CT molecular complexity index is 864. The van der Waals surface area contributed by atoms with E-state index in [9.17, 15) is 23.5 Å². The van der Waals surface area contributed by atoms with E-state index in [-0.39, 0.29) is 22.8 Å². The van der Waals surface area contributed by atoms with Crippen molar-refractivity contribution >= 4 is 11.9 Å². The molecule has 7 heteroatoms. The minimum absolute atomic E-state index is 0.262. The van der Waals surface area contributed by atoms with E-state index in [1.807, 2.05) is 0 Å². The van der Waals surface area contributed by atoms with Crippen LogP contribution in [0.2, 0.25) is 0 Å². The molecule has 1 amide bonds. The molecule has 5 nitrogen and oxygen atoms in total. The highest BCUT2D eigenvalue weighted by Crippen LogP contribution is 2.37. The van der Waals surface area contributed by atoms with E-state index in [0.29, 0.717) is 0 Å². The number of nitrogens with zero attached hydrogens (tertiary/aromatic N) is 1. The number of carbonyl (C=O) groups excluding carboxylic acids is 1. The fraction of sp³-hybridized carbons (Fsp3) is 0.300. The van der Waals surface area contributed by atoms with Crippen molar-refractivity contribution in [1.82, 2.24) is 4.90 Å². The molecular formula is C20H19F2NO4. The Balaban J connectivity index is 2.15. The van der Waals surface area contributed by atoms with Gasteiger partial charge in [0.2, 0.25) is 0 Å². The lowest BCUT2D eigenvalue weighted by atomic mass is 10.0. The summed E-state index contributed by atoms with van der Waals surface area (Å²) in [5.74, 6) is -3.62. The highest BCUT2D eigenvalue weighted by Gasteiger charge is 2.42. The molecule has 2 aromatic rings. The minimum atomic E-state index is -1.42. The van der Waals surface area contributed by atoms with Gasteiger partial charge in [0.25, 0.3) is 5.91 Å². The maximum absolute atomic E-state index is 14.2. The number of hydrogen-bond donors (Lipinski definition) is 1. The van der Waals surface area contributed by atoms with Gasteiger partial charge >= 0.3 is 5.97 Å². The first kappa shape index (κ1) is 18.8. The van der Waals surface area contributed by atoms with Crippen molar-refractivity contribution in [2.24, 2.45) is 5.92 Å². The molecule has 0 aromatic heterocycles. The van der Waals surface area contributed by atoms with Crippen LogP contribution in [-0.2, 0) is 16.1 Å². The van der Waals surface area contributed by atoms with Crippen LogP contribution in [0.5, 0.6) is 5.75 Å². The minimum Gasteiger partial charge on any atom is -0.480 e. The van der Waals surface area contributed by atoms with Crippen LogP contribution in [0.4, 0.5) is 8.78 Å². The summed E-state index contributed by atoms with van der Waals surface area (Å²) in [4.78, 5) is 26.1. The maximum atomic E-state index is 14.2. The SMILES string of the molecule is CC(C)C1Oc2ccccc2C(C(=O)O)N(Cc2c(F)cccc2F)C1=O. The number of carboxylic acids is 1. The number of aliphatic carboxylic acids is 1. The van der Waals surface area contributed by atoms with Gasteiger partial charge in [-0.2, -0.15) is 0 Å². The summed E-state index contributed by atoms with van der Waals surface area (Å²) in [6.07, 6.45) is -0.967. The zero-order valence-corrected chi connectivity index (χ0v) is 14.9. The monoisotopic (exact) mass is 375 g/mol. The predicted molar refractivity (Wildman–Crippen MR) is 93.0 cm³/mol. The lowest BCUT2D eigenvalue weighted by molar-refractivity contribution is -0.154. The third kappa shape index (κ3) is 3.49. The molecule has 3 rings (SSSR count). The van der Waals surface area contributed by atoms with Crippen molar-refractivity contribution in [1.29, 1.82) is 0 Å². The lowest BCUT2D eigenvalue weighted by Gasteiger charge is -2.30. The summed E-state index contributed by atoms with van der Waals surface area (Å²) < 4.78 is 34.1. The van der Waals surface area contributed by atoms with Crippen molar-refractivity contribution in [3.63, 3.8) is 0 Å². The van der Waals surface area contributed by atoms with Gasteiger partial charge in [-0.25, -0.2) is 13.6 Å². The van der Waals surface area contributed by atoms with Crippen molar-refractivity contribution < 1.29 is 28.2 Å². The fourth-order valence-electron chi connectivity index (χ4n) is 3.17. The number of rotatable bonds is 4. The number of fused-ring (bicyclic) bond motifs is 1. The van der Waals surface area contributed by atoms with Crippen molar-refractivity contribution in [2.45, 2.75) is 32.5 Å². The Labute approximate surface area is 155 Å². The molecule has 0 radical (unpaired) electrons. The molecular weight excluding hydrogens is 356 g/mol. The maximum Gasteiger partial charge on any atom is 0.331 e. The van der Waals surface area contributed by atoms with Crippen molar-refractivity contribution in [3.8, 4) is 5.75 Å². The molecule has 2 unspecified atom stereocenters. The van der Waals surface area contributed by atoms with E-state index in [0.717, 1.165) is 17.0 Å². The molecule has 0 bridgehead atoms. The van der Waals surface area contributed by atoms with Crippen LogP contribution >= 0.6 is 0 Å². The second kappa shape index (κ2) is 7.34. The summed E-state index contributed by atoms with van der Waals surface area (Å²) >= 11 is 0. The molecule has 0 saturated carbocycles. The van der Waals surface area contributed by atoms with Gasteiger partial charge in [0.1, 0.15) is 17.4 Å². The van der Waals surface area contributed by atoms with Gasteiger partial charge in [-0.3, -0.25) is 4.79 Å². The average molecular weight is 375 g/mol. The molecule has 0 saturated heterocycles. The number of amides is 1. The molecule has 2 atom stereocenters. The summed E-state index contributed by atoms with van der Waals surface area (Å²) in [7, 11) is 0. The number of hydrogen-bond acceptors (Lipinski definition) is 3. The van der Waals surface area contributed by atoms with E-state index in [4.69, 9.17) is 4.74 Å². The first-order valence-electron chi connectivity index (χ1n) is 8.53. The Morgan fingerprint density at radius 2 is 1.78 bits per heavy atom. The normalized spacial score (nSPS) is 19.4. The Kier molecular flexibility index (Phi) is 5.12. The number of ether oxygens (including phenoxy) is 1. The van der Waals surface area contributed by atoms with Gasteiger partial charge in [-0.1, -0.05) is 38.1 Å². The smallest absolute Gasteiger partial charge is 0.331 e. The second-order valence-electron chi connectivity index (χ2n) is 6.73. The topological polar surface area (TPSA) is 66.8 Å². The van der Waals surface area contributed by atoms with Gasteiger partial charge in [0.05, 0.1) is 6.54 Å². The van der Waals surface area contributed by atoms with Crippen LogP contribution in [0.1, 0.15) is 31.0 Å². The number of para-hydroxylation sites is 1. The summed E-state index contributed by atoms with van der Waals surface area (Å²) in [5.41, 5.74) is -0.0998. The molecule has 1 heterocycles. The molecule has 0 fully saturated rings. The van der Waals surface area contributed by atoms with Crippen molar-refractivity contribution in [2.75, 3.05) is 0 Å². The van der Waals surface area contributed by atoms with Crippen LogP contribution < -0.4 is 4.74 Å².